The van der Waals surface area contributed by atoms with E-state index < -0.39 is 11.7 Å². The van der Waals surface area contributed by atoms with Crippen molar-refractivity contribution >= 4 is 12.6 Å². The smallest absolute Gasteiger partial charge is 0.420 e. The minimum atomic E-state index is -4.56. The van der Waals surface area contributed by atoms with Crippen LogP contribution in [0.4, 0.5) is 13.2 Å². The standard InChI is InChI=1S/C12H10F3NOS/c1-8(7-18)6-17-11-3-2-9(5-16)4-10(11)12(13,14)15/h2-4,18H,1,6-7H2. The molecular formula is C12H10F3NOS. The molecule has 0 amide bonds. The van der Waals surface area contributed by atoms with Gasteiger partial charge in [0.25, 0.3) is 0 Å². The van der Waals surface area contributed by atoms with Gasteiger partial charge in [-0.1, -0.05) is 6.58 Å². The predicted molar refractivity (Wildman–Crippen MR) is 64.6 cm³/mol. The summed E-state index contributed by atoms with van der Waals surface area (Å²) in [6.07, 6.45) is -4.56. The Morgan fingerprint density at radius 2 is 2.11 bits per heavy atom. The summed E-state index contributed by atoms with van der Waals surface area (Å²) in [5, 5.41) is 8.59. The van der Waals surface area contributed by atoms with Gasteiger partial charge in [-0.05, 0) is 23.8 Å². The molecule has 0 aromatic heterocycles. The molecule has 0 aliphatic carbocycles. The van der Waals surface area contributed by atoms with Crippen LogP contribution in [0.3, 0.4) is 0 Å². The molecule has 0 atom stereocenters. The van der Waals surface area contributed by atoms with E-state index >= 15 is 0 Å². The molecule has 0 radical (unpaired) electrons. The summed E-state index contributed by atoms with van der Waals surface area (Å²) in [7, 11) is 0. The highest BCUT2D eigenvalue weighted by Gasteiger charge is 2.34. The van der Waals surface area contributed by atoms with E-state index in [2.05, 4.69) is 19.2 Å². The number of hydrogen-bond acceptors (Lipinski definition) is 3. The third-order valence-electron chi connectivity index (χ3n) is 2.07. The summed E-state index contributed by atoms with van der Waals surface area (Å²) < 4.78 is 43.3. The van der Waals surface area contributed by atoms with Gasteiger partial charge in [0.05, 0.1) is 17.2 Å². The molecule has 96 valence electrons. The Hall–Kier alpha value is -1.61. The van der Waals surface area contributed by atoms with Crippen LogP contribution in [0.25, 0.3) is 0 Å². The summed E-state index contributed by atoms with van der Waals surface area (Å²) in [5.74, 6) is 0.0156. The van der Waals surface area contributed by atoms with Gasteiger partial charge >= 0.3 is 6.18 Å². The van der Waals surface area contributed by atoms with Crippen LogP contribution in [0.15, 0.2) is 30.4 Å². The molecule has 0 spiro atoms. The van der Waals surface area contributed by atoms with Crippen molar-refractivity contribution in [2.75, 3.05) is 12.4 Å². The maximum Gasteiger partial charge on any atom is 0.420 e. The number of thiol groups is 1. The fraction of sp³-hybridized carbons (Fsp3) is 0.250. The quantitative estimate of drug-likeness (QED) is 0.673. The van der Waals surface area contributed by atoms with E-state index in [1.807, 2.05) is 0 Å². The Balaban J connectivity index is 3.04. The number of hydrogen-bond donors (Lipinski definition) is 1. The van der Waals surface area contributed by atoms with E-state index in [0.29, 0.717) is 11.3 Å². The molecule has 0 saturated heterocycles. The number of ether oxygens (including phenoxy) is 1. The first-order valence-electron chi connectivity index (χ1n) is 4.90. The van der Waals surface area contributed by atoms with E-state index in [4.69, 9.17) is 10.00 Å². The van der Waals surface area contributed by atoms with Gasteiger partial charge < -0.3 is 4.74 Å². The maximum atomic E-state index is 12.7. The fourth-order valence-electron chi connectivity index (χ4n) is 1.17. The topological polar surface area (TPSA) is 33.0 Å². The second-order valence-corrected chi connectivity index (χ2v) is 3.83. The minimum absolute atomic E-state index is 0.0432. The van der Waals surface area contributed by atoms with Gasteiger partial charge in [0.15, 0.2) is 0 Å². The molecule has 2 nitrogen and oxygen atoms in total. The summed E-state index contributed by atoms with van der Waals surface area (Å²) >= 11 is 3.93. The highest BCUT2D eigenvalue weighted by molar-refractivity contribution is 7.80. The van der Waals surface area contributed by atoms with Crippen LogP contribution in [-0.2, 0) is 6.18 Å². The fourth-order valence-corrected chi connectivity index (χ4v) is 1.26. The van der Waals surface area contributed by atoms with Gasteiger partial charge in [0.1, 0.15) is 12.4 Å². The van der Waals surface area contributed by atoms with Gasteiger partial charge in [0.2, 0.25) is 0 Å². The molecule has 1 rings (SSSR count). The number of rotatable bonds is 4. The molecule has 6 heteroatoms. The Kier molecular flexibility index (Phi) is 4.68. The van der Waals surface area contributed by atoms with Gasteiger partial charge in [-0.15, -0.1) is 0 Å². The third kappa shape index (κ3) is 3.70. The number of alkyl halides is 3. The van der Waals surface area contributed by atoms with Crippen molar-refractivity contribution in [3.05, 3.63) is 41.5 Å². The van der Waals surface area contributed by atoms with Crippen molar-refractivity contribution in [2.24, 2.45) is 0 Å². The largest absolute Gasteiger partial charge is 0.489 e. The van der Waals surface area contributed by atoms with E-state index in [1.54, 1.807) is 6.07 Å². The highest BCUT2D eigenvalue weighted by Crippen LogP contribution is 2.36. The molecule has 0 fully saturated rings. The van der Waals surface area contributed by atoms with Crippen molar-refractivity contribution in [1.82, 2.24) is 0 Å². The van der Waals surface area contributed by atoms with E-state index in [9.17, 15) is 13.2 Å². The Morgan fingerprint density at radius 1 is 1.44 bits per heavy atom. The summed E-state index contributed by atoms with van der Waals surface area (Å²) in [6, 6.07) is 4.82. The van der Waals surface area contributed by atoms with Crippen LogP contribution in [0.1, 0.15) is 11.1 Å². The molecule has 18 heavy (non-hydrogen) atoms. The predicted octanol–water partition coefficient (Wildman–Crippen LogP) is 3.44. The van der Waals surface area contributed by atoms with E-state index in [1.165, 1.54) is 6.07 Å². The molecule has 0 saturated carbocycles. The summed E-state index contributed by atoms with van der Waals surface area (Å²) in [5.41, 5.74) is -0.466. The summed E-state index contributed by atoms with van der Waals surface area (Å²) in [4.78, 5) is 0. The van der Waals surface area contributed by atoms with Crippen LogP contribution in [-0.4, -0.2) is 12.4 Å². The number of benzene rings is 1. The molecule has 0 heterocycles. The summed E-state index contributed by atoms with van der Waals surface area (Å²) in [6.45, 7) is 3.54. The first-order valence-corrected chi connectivity index (χ1v) is 5.53. The molecule has 0 N–H and O–H groups in total. The van der Waals surface area contributed by atoms with Crippen LogP contribution >= 0.6 is 12.6 Å². The second-order valence-electron chi connectivity index (χ2n) is 3.52. The van der Waals surface area contributed by atoms with E-state index in [0.717, 1.165) is 12.1 Å². The van der Waals surface area contributed by atoms with Crippen molar-refractivity contribution in [2.45, 2.75) is 6.18 Å². The van der Waals surface area contributed by atoms with Crippen molar-refractivity contribution in [3.63, 3.8) is 0 Å². The molecule has 0 unspecified atom stereocenters. The van der Waals surface area contributed by atoms with Crippen LogP contribution < -0.4 is 4.74 Å². The zero-order valence-electron chi connectivity index (χ0n) is 9.29. The number of nitriles is 1. The van der Waals surface area contributed by atoms with Crippen LogP contribution in [0, 0.1) is 11.3 Å². The average Bonchev–Trinajstić information content (AvgIpc) is 2.34. The lowest BCUT2D eigenvalue weighted by molar-refractivity contribution is -0.138. The van der Waals surface area contributed by atoms with Gasteiger partial charge in [-0.3, -0.25) is 0 Å². The third-order valence-corrected chi connectivity index (χ3v) is 2.52. The Bertz CT molecular complexity index is 491. The SMILES string of the molecule is C=C(CS)COc1ccc(C#N)cc1C(F)(F)F. The average molecular weight is 273 g/mol. The first kappa shape index (κ1) is 14.5. The zero-order valence-corrected chi connectivity index (χ0v) is 10.2. The second kappa shape index (κ2) is 5.83. The van der Waals surface area contributed by atoms with Gasteiger partial charge in [-0.25, -0.2) is 0 Å². The van der Waals surface area contributed by atoms with Crippen molar-refractivity contribution in [3.8, 4) is 11.8 Å². The normalized spacial score (nSPS) is 10.8. The molecule has 1 aromatic carbocycles. The zero-order chi connectivity index (χ0) is 13.8. The molecule has 0 aliphatic heterocycles. The van der Waals surface area contributed by atoms with Crippen molar-refractivity contribution < 1.29 is 17.9 Å². The lowest BCUT2D eigenvalue weighted by atomic mass is 10.1. The number of halogens is 3. The van der Waals surface area contributed by atoms with Crippen molar-refractivity contribution in [1.29, 1.82) is 5.26 Å². The number of nitrogens with zero attached hydrogens (tertiary/aromatic N) is 1. The Morgan fingerprint density at radius 3 is 2.61 bits per heavy atom. The molecule has 0 aliphatic rings. The molecule has 1 aromatic rings. The Labute approximate surface area is 108 Å². The van der Waals surface area contributed by atoms with E-state index in [-0.39, 0.29) is 17.9 Å². The minimum Gasteiger partial charge on any atom is -0.489 e. The van der Waals surface area contributed by atoms with Crippen LogP contribution in [0.2, 0.25) is 0 Å². The first-order chi connectivity index (χ1) is 8.38. The molecular weight excluding hydrogens is 263 g/mol. The van der Waals surface area contributed by atoms with Gasteiger partial charge in [0, 0.05) is 5.75 Å². The van der Waals surface area contributed by atoms with Gasteiger partial charge in [-0.2, -0.15) is 31.1 Å². The lowest BCUT2D eigenvalue weighted by Gasteiger charge is -2.14. The lowest BCUT2D eigenvalue weighted by Crippen LogP contribution is -2.10. The highest BCUT2D eigenvalue weighted by atomic mass is 32.1. The van der Waals surface area contributed by atoms with Crippen LogP contribution in [0.5, 0.6) is 5.75 Å². The monoisotopic (exact) mass is 273 g/mol. The molecule has 0 bridgehead atoms. The maximum absolute atomic E-state index is 12.7.